The maximum absolute atomic E-state index is 9.00. The van der Waals surface area contributed by atoms with E-state index in [1.54, 1.807) is 11.3 Å². The molecule has 0 saturated heterocycles. The molecule has 0 bridgehead atoms. The van der Waals surface area contributed by atoms with Gasteiger partial charge in [-0.2, -0.15) is 10.3 Å². The van der Waals surface area contributed by atoms with Crippen LogP contribution in [0.25, 0.3) is 0 Å². The fraction of sp³-hybridized carbons (Fsp3) is 0.688. The lowest BCUT2D eigenvalue weighted by molar-refractivity contribution is 0.278. The number of hydrogen-bond acceptors (Lipinski definition) is 6. The summed E-state index contributed by atoms with van der Waals surface area (Å²) >= 11 is 1.56. The Morgan fingerprint density at radius 1 is 1.46 bits per heavy atom. The molecule has 1 saturated carbocycles. The van der Waals surface area contributed by atoms with Gasteiger partial charge < -0.3 is 16.2 Å². The summed E-state index contributed by atoms with van der Waals surface area (Å²) in [5, 5.41) is 21.9. The third-order valence-corrected chi connectivity index (χ3v) is 4.46. The minimum absolute atomic E-state index is 0.00796. The van der Waals surface area contributed by atoms with Gasteiger partial charge in [0, 0.05) is 24.6 Å². The minimum atomic E-state index is 0.00796. The predicted molar refractivity (Wildman–Crippen MR) is 98.0 cm³/mol. The SMILES string of the molecule is C1CCC1.CCNCc1nc(/N=C(/N)N(C#N)CCCO)c(C)s1. The van der Waals surface area contributed by atoms with Crippen molar-refractivity contribution in [1.82, 2.24) is 15.2 Å². The Morgan fingerprint density at radius 2 is 2.12 bits per heavy atom. The number of nitrogens with one attached hydrogen (secondary N) is 1. The molecule has 7 nitrogen and oxygen atoms in total. The standard InChI is InChI=1S/C12H20N6OS.C4H8/c1-3-15-7-10-16-11(9(2)20-10)17-12(14)18(8-13)5-4-6-19;1-2-4-3-1/h15,19H,3-7H2,1-2H3,(H2,14,17);1-4H2. The molecule has 0 spiro atoms. The van der Waals surface area contributed by atoms with E-state index in [2.05, 4.69) is 15.3 Å². The molecule has 1 aromatic rings. The summed E-state index contributed by atoms with van der Waals surface area (Å²) in [7, 11) is 0. The summed E-state index contributed by atoms with van der Waals surface area (Å²) in [4.78, 5) is 10.8. The predicted octanol–water partition coefficient (Wildman–Crippen LogP) is 2.23. The van der Waals surface area contributed by atoms with Crippen molar-refractivity contribution < 1.29 is 5.11 Å². The maximum Gasteiger partial charge on any atom is 0.211 e. The van der Waals surface area contributed by atoms with Gasteiger partial charge in [-0.15, -0.1) is 11.3 Å². The number of aliphatic hydroxyl groups excluding tert-OH is 1. The van der Waals surface area contributed by atoms with Crippen LogP contribution in [0.5, 0.6) is 0 Å². The second-order valence-corrected chi connectivity index (χ2v) is 6.77. The monoisotopic (exact) mass is 352 g/mol. The van der Waals surface area contributed by atoms with Crippen LogP contribution in [-0.2, 0) is 6.54 Å². The first-order chi connectivity index (χ1) is 11.6. The van der Waals surface area contributed by atoms with Gasteiger partial charge in [-0.3, -0.25) is 0 Å². The lowest BCUT2D eigenvalue weighted by atomic mass is 10.0. The first-order valence-corrected chi connectivity index (χ1v) is 9.23. The number of nitrogens with two attached hydrogens (primary N) is 1. The lowest BCUT2D eigenvalue weighted by Crippen LogP contribution is -2.34. The Morgan fingerprint density at radius 3 is 2.62 bits per heavy atom. The van der Waals surface area contributed by atoms with Gasteiger partial charge in [0.05, 0.1) is 0 Å². The molecule has 2 rings (SSSR count). The van der Waals surface area contributed by atoms with Gasteiger partial charge in [-0.05, 0) is 19.9 Å². The quantitative estimate of drug-likeness (QED) is 0.300. The zero-order valence-electron chi connectivity index (χ0n) is 14.6. The maximum atomic E-state index is 9.00. The fourth-order valence-electron chi connectivity index (χ4n) is 1.72. The van der Waals surface area contributed by atoms with Gasteiger partial charge in [0.25, 0.3) is 0 Å². The number of rotatable bonds is 7. The molecule has 1 fully saturated rings. The zero-order chi connectivity index (χ0) is 17.8. The van der Waals surface area contributed by atoms with E-state index in [1.165, 1.54) is 30.6 Å². The van der Waals surface area contributed by atoms with Crippen molar-refractivity contribution in [3.63, 3.8) is 0 Å². The average Bonchev–Trinajstić information content (AvgIpc) is 2.84. The van der Waals surface area contributed by atoms with Crippen LogP contribution in [0.15, 0.2) is 4.99 Å². The van der Waals surface area contributed by atoms with Crippen LogP contribution in [0.2, 0.25) is 0 Å². The summed E-state index contributed by atoms with van der Waals surface area (Å²) in [5.41, 5.74) is 5.80. The van der Waals surface area contributed by atoms with Crippen molar-refractivity contribution in [3.05, 3.63) is 9.88 Å². The zero-order valence-corrected chi connectivity index (χ0v) is 15.4. The molecule has 1 aromatic heterocycles. The number of nitriles is 1. The molecule has 4 N–H and O–H groups in total. The Kier molecular flexibility index (Phi) is 10.00. The summed E-state index contributed by atoms with van der Waals surface area (Å²) in [6.07, 6.45) is 8.41. The molecular formula is C16H28N6OS. The Labute approximate surface area is 148 Å². The van der Waals surface area contributed by atoms with Crippen molar-refractivity contribution in [2.24, 2.45) is 10.7 Å². The van der Waals surface area contributed by atoms with Crippen LogP contribution < -0.4 is 11.1 Å². The second-order valence-electron chi connectivity index (χ2n) is 5.48. The van der Waals surface area contributed by atoms with Gasteiger partial charge in [0.1, 0.15) is 5.01 Å². The first-order valence-electron chi connectivity index (χ1n) is 8.41. The van der Waals surface area contributed by atoms with Gasteiger partial charge in [-0.25, -0.2) is 9.88 Å². The number of aliphatic imine (C=N–C) groups is 1. The van der Waals surface area contributed by atoms with Gasteiger partial charge in [0.15, 0.2) is 12.0 Å². The van der Waals surface area contributed by atoms with E-state index in [0.717, 1.165) is 16.4 Å². The second kappa shape index (κ2) is 11.8. The number of aryl methyl sites for hydroxylation is 1. The highest BCUT2D eigenvalue weighted by atomic mass is 32.1. The van der Waals surface area contributed by atoms with E-state index in [1.807, 2.05) is 20.0 Å². The largest absolute Gasteiger partial charge is 0.396 e. The van der Waals surface area contributed by atoms with Gasteiger partial charge in [0.2, 0.25) is 5.96 Å². The molecular weight excluding hydrogens is 324 g/mol. The van der Waals surface area contributed by atoms with Crippen LogP contribution in [0.3, 0.4) is 0 Å². The highest BCUT2D eigenvalue weighted by Gasteiger charge is 2.10. The van der Waals surface area contributed by atoms with Gasteiger partial charge in [-0.1, -0.05) is 32.6 Å². The number of hydrogen-bond donors (Lipinski definition) is 3. The molecule has 0 aromatic carbocycles. The highest BCUT2D eigenvalue weighted by Crippen LogP contribution is 2.24. The van der Waals surface area contributed by atoms with Crippen LogP contribution in [0.1, 0.15) is 48.9 Å². The van der Waals surface area contributed by atoms with Crippen molar-refractivity contribution in [3.8, 4) is 6.19 Å². The molecule has 0 radical (unpaired) electrons. The molecule has 1 heterocycles. The molecule has 0 aliphatic heterocycles. The number of aromatic nitrogens is 1. The van der Waals surface area contributed by atoms with E-state index in [-0.39, 0.29) is 12.6 Å². The number of aliphatic hydroxyl groups is 1. The molecule has 134 valence electrons. The van der Waals surface area contributed by atoms with E-state index >= 15 is 0 Å². The summed E-state index contributed by atoms with van der Waals surface area (Å²) in [6, 6.07) is 0. The van der Waals surface area contributed by atoms with Crippen LogP contribution in [0, 0.1) is 18.4 Å². The van der Waals surface area contributed by atoms with E-state index < -0.39 is 0 Å². The highest BCUT2D eigenvalue weighted by molar-refractivity contribution is 7.12. The van der Waals surface area contributed by atoms with Crippen LogP contribution in [0.4, 0.5) is 5.82 Å². The Bertz CT molecular complexity index is 543. The van der Waals surface area contributed by atoms with E-state index in [9.17, 15) is 0 Å². The number of guanidine groups is 1. The molecule has 24 heavy (non-hydrogen) atoms. The average molecular weight is 353 g/mol. The lowest BCUT2D eigenvalue weighted by Gasteiger charge is -2.12. The molecule has 0 unspecified atom stereocenters. The Hall–Kier alpha value is -1.69. The molecule has 1 aliphatic rings. The van der Waals surface area contributed by atoms with Crippen LogP contribution >= 0.6 is 11.3 Å². The number of thiazole rings is 1. The minimum Gasteiger partial charge on any atom is -0.396 e. The molecule has 1 aliphatic carbocycles. The smallest absolute Gasteiger partial charge is 0.211 e. The van der Waals surface area contributed by atoms with E-state index in [0.29, 0.717) is 25.3 Å². The van der Waals surface area contributed by atoms with E-state index in [4.69, 9.17) is 16.1 Å². The van der Waals surface area contributed by atoms with Crippen molar-refractivity contribution in [2.75, 3.05) is 19.7 Å². The first kappa shape index (κ1) is 20.4. The van der Waals surface area contributed by atoms with Crippen LogP contribution in [-0.4, -0.2) is 40.6 Å². The summed E-state index contributed by atoms with van der Waals surface area (Å²) in [5.74, 6) is 0.647. The molecule has 0 amide bonds. The fourth-order valence-corrected chi connectivity index (χ4v) is 2.56. The normalized spacial score (nSPS) is 13.5. The molecule has 0 atom stereocenters. The van der Waals surface area contributed by atoms with Gasteiger partial charge >= 0.3 is 0 Å². The third kappa shape index (κ3) is 7.25. The summed E-state index contributed by atoms with van der Waals surface area (Å²) in [6.45, 7) is 5.88. The van der Waals surface area contributed by atoms with Crippen molar-refractivity contribution in [1.29, 1.82) is 5.26 Å². The Balaban J connectivity index is 0.000000624. The van der Waals surface area contributed by atoms with Crippen molar-refractivity contribution in [2.45, 2.75) is 52.5 Å². The number of nitrogens with zero attached hydrogens (tertiary/aromatic N) is 4. The molecule has 8 heteroatoms. The van der Waals surface area contributed by atoms with Crippen molar-refractivity contribution >= 4 is 23.1 Å². The third-order valence-electron chi connectivity index (χ3n) is 3.50. The summed E-state index contributed by atoms with van der Waals surface area (Å²) < 4.78 is 0. The topological polar surface area (TPSA) is 111 Å².